The quantitative estimate of drug-likeness (QED) is 0.589. The lowest BCUT2D eigenvalue weighted by Gasteiger charge is -2.44. The van der Waals surface area contributed by atoms with Crippen LogP contribution >= 0.6 is 0 Å². The maximum Gasteiger partial charge on any atom is 0.0617 e. The zero-order valence-corrected chi connectivity index (χ0v) is 11.1. The third-order valence-corrected chi connectivity index (χ3v) is 4.27. The summed E-state index contributed by atoms with van der Waals surface area (Å²) in [6, 6.07) is 0. The molecule has 0 aromatic rings. The fraction of sp³-hybridized carbons (Fsp3) is 1.00. The third kappa shape index (κ3) is 1.84. The van der Waals surface area contributed by atoms with Crippen molar-refractivity contribution in [1.82, 2.24) is 0 Å². The summed E-state index contributed by atoms with van der Waals surface area (Å²) in [7, 11) is 0. The van der Waals surface area contributed by atoms with E-state index in [2.05, 4.69) is 41.5 Å². The average Bonchev–Trinajstić information content (AvgIpc) is 2.56. The molecule has 2 fully saturated rings. The van der Waals surface area contributed by atoms with E-state index < -0.39 is 0 Å². The third-order valence-electron chi connectivity index (χ3n) is 4.27. The van der Waals surface area contributed by atoms with E-state index >= 15 is 0 Å². The minimum atomic E-state index is 0.387. The molecule has 2 heterocycles. The molecule has 2 aliphatic heterocycles. The molecular weight excluding hydrogens is 184 g/mol. The second-order valence-corrected chi connectivity index (χ2v) is 7.57. The summed E-state index contributed by atoms with van der Waals surface area (Å²) in [5.74, 6) is 1.49. The van der Waals surface area contributed by atoms with Gasteiger partial charge in [0.25, 0.3) is 0 Å². The van der Waals surface area contributed by atoms with Crippen LogP contribution < -0.4 is 0 Å². The lowest BCUT2D eigenvalue weighted by atomic mass is 9.59. The molecule has 88 valence electrons. The smallest absolute Gasteiger partial charge is 0.0617 e. The highest BCUT2D eigenvalue weighted by atomic mass is 16.5. The lowest BCUT2D eigenvalue weighted by Crippen LogP contribution is -2.42. The normalized spacial score (nSPS) is 41.2. The first-order valence-corrected chi connectivity index (χ1v) is 6.37. The van der Waals surface area contributed by atoms with Crippen LogP contribution in [0.1, 0.15) is 54.4 Å². The fourth-order valence-corrected chi connectivity index (χ4v) is 3.87. The second kappa shape index (κ2) is 3.23. The molecule has 2 unspecified atom stereocenters. The summed E-state index contributed by atoms with van der Waals surface area (Å²) in [5.41, 5.74) is 0.773. The Hall–Kier alpha value is -0.0400. The first kappa shape index (κ1) is 11.4. The number of hydrogen-bond donors (Lipinski definition) is 0. The molecule has 0 N–H and O–H groups in total. The molecular formula is C14H26O. The van der Waals surface area contributed by atoms with Crippen LogP contribution in [0.4, 0.5) is 0 Å². The van der Waals surface area contributed by atoms with Crippen molar-refractivity contribution in [2.45, 2.75) is 66.6 Å². The summed E-state index contributed by atoms with van der Waals surface area (Å²) in [6.07, 6.45) is 3.66. The van der Waals surface area contributed by atoms with Crippen LogP contribution in [0, 0.1) is 22.7 Å². The van der Waals surface area contributed by atoms with Gasteiger partial charge in [0.05, 0.1) is 12.2 Å². The van der Waals surface area contributed by atoms with Crippen LogP contribution in [0.5, 0.6) is 0 Å². The van der Waals surface area contributed by atoms with Gasteiger partial charge in [-0.25, -0.2) is 0 Å². The summed E-state index contributed by atoms with van der Waals surface area (Å²) in [5, 5.41) is 0. The lowest BCUT2D eigenvalue weighted by molar-refractivity contribution is 0.0591. The van der Waals surface area contributed by atoms with E-state index in [1.54, 1.807) is 0 Å². The highest BCUT2D eigenvalue weighted by Crippen LogP contribution is 2.56. The van der Waals surface area contributed by atoms with E-state index in [4.69, 9.17) is 4.74 Å². The van der Waals surface area contributed by atoms with Gasteiger partial charge >= 0.3 is 0 Å². The van der Waals surface area contributed by atoms with Gasteiger partial charge in [-0.15, -0.1) is 0 Å². The molecule has 1 heteroatoms. The number of rotatable bonds is 0. The van der Waals surface area contributed by atoms with Gasteiger partial charge in [0.2, 0.25) is 0 Å². The van der Waals surface area contributed by atoms with Crippen molar-refractivity contribution in [2.24, 2.45) is 22.7 Å². The summed E-state index contributed by atoms with van der Waals surface area (Å²) < 4.78 is 6.15. The maximum absolute atomic E-state index is 6.15. The molecule has 0 amide bonds. The van der Waals surface area contributed by atoms with Gasteiger partial charge in [-0.3, -0.25) is 0 Å². The Balaban J connectivity index is 2.28. The van der Waals surface area contributed by atoms with Crippen molar-refractivity contribution in [3.63, 3.8) is 0 Å². The Morgan fingerprint density at radius 3 is 1.33 bits per heavy atom. The van der Waals surface area contributed by atoms with Crippen LogP contribution in [-0.2, 0) is 4.74 Å². The van der Waals surface area contributed by atoms with E-state index in [0.717, 1.165) is 11.8 Å². The average molecular weight is 210 g/mol. The van der Waals surface area contributed by atoms with Gasteiger partial charge in [-0.2, -0.15) is 0 Å². The molecule has 0 saturated carbocycles. The molecule has 1 nitrogen and oxygen atoms in total. The summed E-state index contributed by atoms with van der Waals surface area (Å²) in [4.78, 5) is 0. The molecule has 0 aromatic carbocycles. The summed E-state index contributed by atoms with van der Waals surface area (Å²) >= 11 is 0. The fourth-order valence-electron chi connectivity index (χ4n) is 3.87. The molecule has 0 spiro atoms. The molecule has 2 saturated heterocycles. The standard InChI is InChI=1S/C14H26O/c1-13(2,3)11-9-7-8-10(15-9)12(11)14(4,5)6/h9-12H,7-8H2,1-6H3/t9?,10?,11-,12+. The van der Waals surface area contributed by atoms with E-state index in [9.17, 15) is 0 Å². The van der Waals surface area contributed by atoms with Crippen molar-refractivity contribution in [1.29, 1.82) is 0 Å². The van der Waals surface area contributed by atoms with Crippen LogP contribution in [0.15, 0.2) is 0 Å². The topological polar surface area (TPSA) is 9.23 Å². The Morgan fingerprint density at radius 1 is 0.733 bits per heavy atom. The maximum atomic E-state index is 6.15. The van der Waals surface area contributed by atoms with E-state index in [-0.39, 0.29) is 0 Å². The molecule has 0 radical (unpaired) electrons. The Morgan fingerprint density at radius 2 is 1.07 bits per heavy atom. The highest BCUT2D eigenvalue weighted by molar-refractivity contribution is 5.04. The van der Waals surface area contributed by atoms with Crippen molar-refractivity contribution in [2.75, 3.05) is 0 Å². The molecule has 2 aliphatic rings. The first-order valence-electron chi connectivity index (χ1n) is 6.37. The van der Waals surface area contributed by atoms with E-state index in [1.807, 2.05) is 0 Å². The van der Waals surface area contributed by atoms with E-state index in [1.165, 1.54) is 12.8 Å². The van der Waals surface area contributed by atoms with Crippen LogP contribution in [0.2, 0.25) is 0 Å². The minimum Gasteiger partial charge on any atom is -0.374 e. The molecule has 2 bridgehead atoms. The minimum absolute atomic E-state index is 0.387. The Labute approximate surface area is 94.6 Å². The highest BCUT2D eigenvalue weighted by Gasteiger charge is 2.56. The molecule has 0 aromatic heterocycles. The number of fused-ring (bicyclic) bond motifs is 2. The molecule has 2 rings (SSSR count). The zero-order chi connectivity index (χ0) is 11.4. The first-order chi connectivity index (χ1) is 6.71. The molecule has 0 aliphatic carbocycles. The Bertz CT molecular complexity index is 217. The van der Waals surface area contributed by atoms with Crippen molar-refractivity contribution in [3.05, 3.63) is 0 Å². The number of hydrogen-bond acceptors (Lipinski definition) is 1. The van der Waals surface area contributed by atoms with Crippen molar-refractivity contribution < 1.29 is 4.74 Å². The van der Waals surface area contributed by atoms with Crippen molar-refractivity contribution in [3.8, 4) is 0 Å². The SMILES string of the molecule is CC(C)(C)[C@@H]1C2CCC(O2)[C@@H]1C(C)(C)C. The predicted octanol–water partition coefficient (Wildman–Crippen LogP) is 3.87. The van der Waals surface area contributed by atoms with Crippen LogP contribution in [0.3, 0.4) is 0 Å². The zero-order valence-electron chi connectivity index (χ0n) is 11.1. The van der Waals surface area contributed by atoms with Crippen LogP contribution in [-0.4, -0.2) is 12.2 Å². The van der Waals surface area contributed by atoms with Gasteiger partial charge in [-0.1, -0.05) is 41.5 Å². The monoisotopic (exact) mass is 210 g/mol. The second-order valence-electron chi connectivity index (χ2n) is 7.57. The molecule has 15 heavy (non-hydrogen) atoms. The largest absolute Gasteiger partial charge is 0.374 e. The summed E-state index contributed by atoms with van der Waals surface area (Å²) in [6.45, 7) is 14.3. The van der Waals surface area contributed by atoms with Gasteiger partial charge in [-0.05, 0) is 35.5 Å². The van der Waals surface area contributed by atoms with Gasteiger partial charge in [0.15, 0.2) is 0 Å². The predicted molar refractivity (Wildman–Crippen MR) is 63.8 cm³/mol. The van der Waals surface area contributed by atoms with E-state index in [0.29, 0.717) is 23.0 Å². The van der Waals surface area contributed by atoms with Gasteiger partial charge in [0, 0.05) is 0 Å². The van der Waals surface area contributed by atoms with Gasteiger partial charge in [0.1, 0.15) is 0 Å². The van der Waals surface area contributed by atoms with Crippen LogP contribution in [0.25, 0.3) is 0 Å². The Kier molecular flexibility index (Phi) is 2.46. The van der Waals surface area contributed by atoms with Gasteiger partial charge < -0.3 is 4.74 Å². The number of ether oxygens (including phenoxy) is 1. The van der Waals surface area contributed by atoms with Crippen molar-refractivity contribution >= 4 is 0 Å². The molecule has 4 atom stereocenters.